The van der Waals surface area contributed by atoms with Crippen molar-refractivity contribution in [1.29, 1.82) is 0 Å². The van der Waals surface area contributed by atoms with E-state index in [0.717, 1.165) is 6.42 Å². The van der Waals surface area contributed by atoms with Gasteiger partial charge in [-0.15, -0.1) is 11.8 Å². The summed E-state index contributed by atoms with van der Waals surface area (Å²) in [7, 11) is 1.64. The van der Waals surface area contributed by atoms with Crippen molar-refractivity contribution < 1.29 is 19.8 Å². The van der Waals surface area contributed by atoms with Crippen LogP contribution in [0.15, 0.2) is 0 Å². The molecule has 19 heavy (non-hydrogen) atoms. The Morgan fingerprint density at radius 1 is 1.53 bits per heavy atom. The van der Waals surface area contributed by atoms with E-state index in [1.807, 2.05) is 6.92 Å². The van der Waals surface area contributed by atoms with Crippen molar-refractivity contribution in [2.45, 2.75) is 44.2 Å². The lowest BCUT2D eigenvalue weighted by molar-refractivity contribution is -0.141. The molecule has 0 aromatic heterocycles. The number of amides is 2. The third-order valence-corrected chi connectivity index (χ3v) is 4.61. The van der Waals surface area contributed by atoms with Crippen LogP contribution in [0.3, 0.4) is 0 Å². The van der Waals surface area contributed by atoms with Crippen LogP contribution in [0.4, 0.5) is 4.79 Å². The lowest BCUT2D eigenvalue weighted by atomic mass is 10.2. The Kier molecular flexibility index (Phi) is 5.93. The fourth-order valence-corrected chi connectivity index (χ4v) is 3.34. The molecule has 1 aliphatic rings. The van der Waals surface area contributed by atoms with Gasteiger partial charge in [0.1, 0.15) is 6.04 Å². The second-order valence-corrected chi connectivity index (χ2v) is 6.01. The lowest BCUT2D eigenvalue weighted by Gasteiger charge is -2.31. The first-order chi connectivity index (χ1) is 8.88. The van der Waals surface area contributed by atoms with Gasteiger partial charge in [-0.1, -0.05) is 6.92 Å². The van der Waals surface area contributed by atoms with Gasteiger partial charge in [0, 0.05) is 19.3 Å². The summed E-state index contributed by atoms with van der Waals surface area (Å²) in [6.07, 6.45) is 0.739. The van der Waals surface area contributed by atoms with Gasteiger partial charge in [0.2, 0.25) is 0 Å². The Bertz CT molecular complexity index is 338. The number of carbonyl (C=O) groups excluding carboxylic acids is 1. The molecule has 3 atom stereocenters. The number of carboxylic acids is 1. The highest BCUT2D eigenvalue weighted by atomic mass is 32.2. The van der Waals surface area contributed by atoms with Crippen LogP contribution in [0.25, 0.3) is 0 Å². The lowest BCUT2D eigenvalue weighted by Crippen LogP contribution is -2.50. The molecule has 2 N–H and O–H groups in total. The number of aliphatic hydroxyl groups is 1. The second kappa shape index (κ2) is 7.00. The van der Waals surface area contributed by atoms with Gasteiger partial charge in [0.15, 0.2) is 0 Å². The molecule has 0 saturated carbocycles. The molecule has 1 rings (SSSR count). The van der Waals surface area contributed by atoms with E-state index < -0.39 is 18.1 Å². The summed E-state index contributed by atoms with van der Waals surface area (Å²) in [5, 5.41) is 18.3. The van der Waals surface area contributed by atoms with E-state index in [-0.39, 0.29) is 11.4 Å². The molecule has 3 unspecified atom stereocenters. The van der Waals surface area contributed by atoms with E-state index in [1.54, 1.807) is 14.0 Å². The third-order valence-electron chi connectivity index (χ3n) is 3.16. The number of hydrogen-bond donors (Lipinski definition) is 2. The van der Waals surface area contributed by atoms with Crippen LogP contribution in [-0.4, -0.2) is 68.9 Å². The maximum absolute atomic E-state index is 12.3. The average Bonchev–Trinajstić information content (AvgIpc) is 2.78. The Hall–Kier alpha value is -0.950. The number of urea groups is 1. The van der Waals surface area contributed by atoms with Gasteiger partial charge in [-0.25, -0.2) is 9.59 Å². The largest absolute Gasteiger partial charge is 0.480 e. The summed E-state index contributed by atoms with van der Waals surface area (Å²) in [6, 6.07) is -1.03. The molecule has 2 amide bonds. The van der Waals surface area contributed by atoms with Crippen molar-refractivity contribution in [2.75, 3.05) is 19.3 Å². The second-order valence-electron chi connectivity index (χ2n) is 4.80. The van der Waals surface area contributed by atoms with Crippen molar-refractivity contribution in [3.63, 3.8) is 0 Å². The van der Waals surface area contributed by atoms with Crippen LogP contribution in [0.1, 0.15) is 26.7 Å². The highest BCUT2D eigenvalue weighted by Gasteiger charge is 2.41. The van der Waals surface area contributed by atoms with Gasteiger partial charge in [-0.3, -0.25) is 4.90 Å². The first kappa shape index (κ1) is 16.1. The van der Waals surface area contributed by atoms with Crippen LogP contribution >= 0.6 is 11.8 Å². The van der Waals surface area contributed by atoms with Crippen molar-refractivity contribution in [3.8, 4) is 0 Å². The molecule has 1 fully saturated rings. The van der Waals surface area contributed by atoms with Gasteiger partial charge in [0.05, 0.1) is 11.5 Å². The van der Waals surface area contributed by atoms with Gasteiger partial charge in [0.25, 0.3) is 0 Å². The van der Waals surface area contributed by atoms with Crippen molar-refractivity contribution in [1.82, 2.24) is 9.80 Å². The molecule has 0 aliphatic carbocycles. The number of aliphatic carboxylic acids is 1. The van der Waals surface area contributed by atoms with E-state index in [4.69, 9.17) is 0 Å². The van der Waals surface area contributed by atoms with Gasteiger partial charge < -0.3 is 15.1 Å². The van der Waals surface area contributed by atoms with Gasteiger partial charge in [-0.2, -0.15) is 0 Å². The summed E-state index contributed by atoms with van der Waals surface area (Å²) in [6.45, 7) is 4.03. The normalized spacial score (nSPS) is 24.3. The first-order valence-corrected chi connectivity index (χ1v) is 7.49. The van der Waals surface area contributed by atoms with Crippen LogP contribution in [-0.2, 0) is 4.79 Å². The molecule has 1 heterocycles. The van der Waals surface area contributed by atoms with E-state index in [2.05, 4.69) is 0 Å². The zero-order valence-corrected chi connectivity index (χ0v) is 12.4. The molecule has 6 nitrogen and oxygen atoms in total. The van der Waals surface area contributed by atoms with E-state index in [1.165, 1.54) is 21.6 Å². The average molecular weight is 290 g/mol. The molecule has 110 valence electrons. The van der Waals surface area contributed by atoms with E-state index in [0.29, 0.717) is 18.7 Å². The number of aliphatic hydroxyl groups excluding tert-OH is 1. The molecule has 1 aliphatic heterocycles. The fraction of sp³-hybridized carbons (Fsp3) is 0.833. The minimum atomic E-state index is -0.958. The van der Waals surface area contributed by atoms with Crippen LogP contribution in [0.5, 0.6) is 0 Å². The maximum Gasteiger partial charge on any atom is 0.327 e. The molecule has 0 bridgehead atoms. The van der Waals surface area contributed by atoms with Crippen molar-refractivity contribution >= 4 is 23.8 Å². The maximum atomic E-state index is 12.3. The molecule has 0 aromatic carbocycles. The highest BCUT2D eigenvalue weighted by Crippen LogP contribution is 2.32. The zero-order chi connectivity index (χ0) is 14.6. The van der Waals surface area contributed by atoms with Gasteiger partial charge >= 0.3 is 12.0 Å². The summed E-state index contributed by atoms with van der Waals surface area (Å²) < 4.78 is 0. The number of rotatable bonds is 5. The number of nitrogens with zero attached hydrogens (tertiary/aromatic N) is 2. The Morgan fingerprint density at radius 2 is 2.16 bits per heavy atom. The Balaban J connectivity index is 2.72. The monoisotopic (exact) mass is 290 g/mol. The standard InChI is InChI=1S/C12H22N2O4S/c1-4-10-14(9(7-19-10)11(16)17)12(18)13(3)6-5-8(2)15/h8-10,15H,4-7H2,1-3H3,(H,16,17). The fourth-order valence-electron chi connectivity index (χ4n) is 2.00. The van der Waals surface area contributed by atoms with E-state index in [9.17, 15) is 19.8 Å². The zero-order valence-electron chi connectivity index (χ0n) is 11.6. The van der Waals surface area contributed by atoms with Crippen LogP contribution in [0.2, 0.25) is 0 Å². The molecular formula is C12H22N2O4S. The topological polar surface area (TPSA) is 81.1 Å². The first-order valence-electron chi connectivity index (χ1n) is 6.44. The smallest absolute Gasteiger partial charge is 0.327 e. The third kappa shape index (κ3) is 4.01. The molecular weight excluding hydrogens is 268 g/mol. The highest BCUT2D eigenvalue weighted by molar-refractivity contribution is 8.00. The number of thioether (sulfide) groups is 1. The number of carbonyl (C=O) groups is 2. The summed E-state index contributed by atoms with van der Waals surface area (Å²) in [4.78, 5) is 26.5. The molecule has 0 spiro atoms. The minimum Gasteiger partial charge on any atom is -0.480 e. The van der Waals surface area contributed by atoms with E-state index >= 15 is 0 Å². The predicted molar refractivity (Wildman–Crippen MR) is 74.1 cm³/mol. The number of hydrogen-bond acceptors (Lipinski definition) is 4. The minimum absolute atomic E-state index is 0.0809. The molecule has 7 heteroatoms. The number of carboxylic acid groups (broad SMARTS) is 1. The Labute approximate surface area is 117 Å². The SMILES string of the molecule is CCC1SCC(C(=O)O)N1C(=O)N(C)CCC(C)O. The quantitative estimate of drug-likeness (QED) is 0.791. The molecule has 0 radical (unpaired) electrons. The molecule has 0 aromatic rings. The summed E-state index contributed by atoms with van der Waals surface area (Å²) >= 11 is 1.51. The van der Waals surface area contributed by atoms with Crippen molar-refractivity contribution in [2.24, 2.45) is 0 Å². The summed E-state index contributed by atoms with van der Waals surface area (Å²) in [5.74, 6) is -0.523. The molecule has 1 saturated heterocycles. The van der Waals surface area contributed by atoms with Crippen LogP contribution in [0, 0.1) is 0 Å². The van der Waals surface area contributed by atoms with Crippen molar-refractivity contribution in [3.05, 3.63) is 0 Å². The summed E-state index contributed by atoms with van der Waals surface area (Å²) in [5.41, 5.74) is 0. The van der Waals surface area contributed by atoms with Gasteiger partial charge in [-0.05, 0) is 19.8 Å². The van der Waals surface area contributed by atoms with Crippen LogP contribution < -0.4 is 0 Å². The predicted octanol–water partition coefficient (Wildman–Crippen LogP) is 1.05. The Morgan fingerprint density at radius 3 is 2.63 bits per heavy atom.